The zero-order valence-corrected chi connectivity index (χ0v) is 14.6. The van der Waals surface area contributed by atoms with Crippen LogP contribution in [0.2, 0.25) is 0 Å². The van der Waals surface area contributed by atoms with E-state index in [2.05, 4.69) is 90.1 Å². The van der Waals surface area contributed by atoms with Gasteiger partial charge < -0.3 is 0 Å². The third-order valence-corrected chi connectivity index (χ3v) is 4.02. The Kier molecular flexibility index (Phi) is 4.35. The van der Waals surface area contributed by atoms with Crippen LogP contribution in [0.25, 0.3) is 0 Å². The first kappa shape index (κ1) is 16.6. The van der Waals surface area contributed by atoms with Gasteiger partial charge in [0.15, 0.2) is 0 Å². The normalized spacial score (nSPS) is 12.3. The van der Waals surface area contributed by atoms with Crippen molar-refractivity contribution in [2.75, 3.05) is 5.01 Å². The number of benzene rings is 2. The lowest BCUT2D eigenvalue weighted by atomic mass is 9.87. The van der Waals surface area contributed by atoms with E-state index in [-0.39, 0.29) is 10.8 Å². The number of hydrogen-bond acceptors (Lipinski definition) is 2. The van der Waals surface area contributed by atoms with Crippen molar-refractivity contribution in [3.63, 3.8) is 0 Å². The number of nitrogens with two attached hydrogens (primary N) is 1. The Morgan fingerprint density at radius 3 is 1.09 bits per heavy atom. The van der Waals surface area contributed by atoms with Gasteiger partial charge in [-0.3, -0.25) is 5.01 Å². The van der Waals surface area contributed by atoms with Crippen molar-refractivity contribution in [1.29, 1.82) is 0 Å². The van der Waals surface area contributed by atoms with Gasteiger partial charge in [0.2, 0.25) is 0 Å². The minimum absolute atomic E-state index is 0.159. The van der Waals surface area contributed by atoms with E-state index < -0.39 is 0 Å². The molecule has 0 fully saturated rings. The molecule has 0 saturated carbocycles. The first-order valence-electron chi connectivity index (χ1n) is 7.85. The van der Waals surface area contributed by atoms with E-state index in [4.69, 9.17) is 5.84 Å². The molecule has 2 aromatic rings. The largest absolute Gasteiger partial charge is 0.280 e. The quantitative estimate of drug-likeness (QED) is 0.602. The monoisotopic (exact) mass is 296 g/mol. The van der Waals surface area contributed by atoms with Gasteiger partial charge in [0.25, 0.3) is 0 Å². The second-order valence-corrected chi connectivity index (χ2v) is 7.96. The molecule has 0 saturated heterocycles. The van der Waals surface area contributed by atoms with Crippen LogP contribution in [-0.4, -0.2) is 0 Å². The standard InChI is InChI=1S/C20H28N2/c1-19(2,3)15-7-11-17(12-8-15)22(21)18-13-9-16(10-14-18)20(4,5)6/h7-14H,21H2,1-6H3. The van der Waals surface area contributed by atoms with Crippen molar-refractivity contribution in [3.8, 4) is 0 Å². The number of hydrazine groups is 1. The molecule has 2 aromatic carbocycles. The molecule has 0 aliphatic heterocycles. The minimum atomic E-state index is 0.159. The van der Waals surface area contributed by atoms with Gasteiger partial charge in [-0.25, -0.2) is 5.84 Å². The summed E-state index contributed by atoms with van der Waals surface area (Å²) in [6.07, 6.45) is 0. The van der Waals surface area contributed by atoms with Gasteiger partial charge in [-0.2, -0.15) is 0 Å². The highest BCUT2D eigenvalue weighted by atomic mass is 15.4. The van der Waals surface area contributed by atoms with Crippen LogP contribution in [0.4, 0.5) is 11.4 Å². The molecule has 118 valence electrons. The Bertz CT molecular complexity index is 553. The molecule has 0 unspecified atom stereocenters. The fourth-order valence-electron chi connectivity index (χ4n) is 2.39. The zero-order chi connectivity index (χ0) is 16.5. The fourth-order valence-corrected chi connectivity index (χ4v) is 2.39. The van der Waals surface area contributed by atoms with Crippen molar-refractivity contribution in [3.05, 3.63) is 59.7 Å². The SMILES string of the molecule is CC(C)(C)c1ccc(N(N)c2ccc(C(C)(C)C)cc2)cc1. The predicted molar refractivity (Wildman–Crippen MR) is 96.6 cm³/mol. The Labute approximate surface area is 134 Å². The number of hydrogen-bond donors (Lipinski definition) is 1. The summed E-state index contributed by atoms with van der Waals surface area (Å²) in [4.78, 5) is 0. The van der Waals surface area contributed by atoms with Crippen LogP contribution >= 0.6 is 0 Å². The molecular formula is C20H28N2. The highest BCUT2D eigenvalue weighted by Gasteiger charge is 2.15. The van der Waals surface area contributed by atoms with Gasteiger partial charge in [-0.1, -0.05) is 65.8 Å². The third-order valence-electron chi connectivity index (χ3n) is 4.02. The molecule has 22 heavy (non-hydrogen) atoms. The maximum atomic E-state index is 6.27. The molecular weight excluding hydrogens is 268 g/mol. The fraction of sp³-hybridized carbons (Fsp3) is 0.400. The van der Waals surface area contributed by atoms with E-state index in [1.165, 1.54) is 11.1 Å². The second-order valence-electron chi connectivity index (χ2n) is 7.96. The molecule has 0 aliphatic carbocycles. The molecule has 0 amide bonds. The summed E-state index contributed by atoms with van der Waals surface area (Å²) in [6, 6.07) is 16.9. The number of rotatable bonds is 2. The van der Waals surface area contributed by atoms with E-state index in [1.807, 2.05) is 0 Å². The molecule has 0 heterocycles. The van der Waals surface area contributed by atoms with Crippen molar-refractivity contribution < 1.29 is 0 Å². The first-order valence-corrected chi connectivity index (χ1v) is 7.85. The zero-order valence-electron chi connectivity index (χ0n) is 14.6. The Morgan fingerprint density at radius 2 is 0.864 bits per heavy atom. The minimum Gasteiger partial charge on any atom is -0.280 e. The van der Waals surface area contributed by atoms with Crippen LogP contribution < -0.4 is 10.9 Å². The van der Waals surface area contributed by atoms with Gasteiger partial charge in [0, 0.05) is 0 Å². The van der Waals surface area contributed by atoms with Crippen LogP contribution in [0.5, 0.6) is 0 Å². The topological polar surface area (TPSA) is 29.3 Å². The summed E-state index contributed by atoms with van der Waals surface area (Å²) in [5.74, 6) is 6.27. The molecule has 2 heteroatoms. The first-order chi connectivity index (χ1) is 10.1. The van der Waals surface area contributed by atoms with Crippen molar-refractivity contribution in [2.24, 2.45) is 5.84 Å². The van der Waals surface area contributed by atoms with Crippen LogP contribution in [0.3, 0.4) is 0 Å². The summed E-state index contributed by atoms with van der Waals surface area (Å²) < 4.78 is 0. The average molecular weight is 296 g/mol. The molecule has 0 spiro atoms. The van der Waals surface area contributed by atoms with Gasteiger partial charge >= 0.3 is 0 Å². The molecule has 2 nitrogen and oxygen atoms in total. The number of anilines is 2. The number of nitrogens with zero attached hydrogens (tertiary/aromatic N) is 1. The molecule has 0 radical (unpaired) electrons. The summed E-state index contributed by atoms with van der Waals surface area (Å²) in [5, 5.41) is 1.74. The van der Waals surface area contributed by atoms with E-state index in [0.29, 0.717) is 0 Å². The van der Waals surface area contributed by atoms with Crippen LogP contribution in [0.1, 0.15) is 52.7 Å². The van der Waals surface area contributed by atoms with Crippen molar-refractivity contribution >= 4 is 11.4 Å². The molecule has 2 rings (SSSR count). The van der Waals surface area contributed by atoms with Gasteiger partial charge in [0.1, 0.15) is 0 Å². The Morgan fingerprint density at radius 1 is 0.591 bits per heavy atom. The Hall–Kier alpha value is -1.80. The van der Waals surface area contributed by atoms with E-state index in [0.717, 1.165) is 11.4 Å². The summed E-state index contributed by atoms with van der Waals surface area (Å²) in [5.41, 5.74) is 4.94. The van der Waals surface area contributed by atoms with Crippen LogP contribution in [0.15, 0.2) is 48.5 Å². The second kappa shape index (κ2) is 5.77. The highest BCUT2D eigenvalue weighted by molar-refractivity contribution is 5.62. The molecule has 0 aliphatic rings. The lowest BCUT2D eigenvalue weighted by Crippen LogP contribution is -2.25. The summed E-state index contributed by atoms with van der Waals surface area (Å²) >= 11 is 0. The molecule has 0 atom stereocenters. The van der Waals surface area contributed by atoms with Gasteiger partial charge in [-0.05, 0) is 46.2 Å². The van der Waals surface area contributed by atoms with Crippen LogP contribution in [0, 0.1) is 0 Å². The lowest BCUT2D eigenvalue weighted by Gasteiger charge is -2.24. The predicted octanol–water partition coefficient (Wildman–Crippen LogP) is 5.29. The lowest BCUT2D eigenvalue weighted by molar-refractivity contribution is 0.590. The van der Waals surface area contributed by atoms with E-state index in [1.54, 1.807) is 5.01 Å². The van der Waals surface area contributed by atoms with Crippen LogP contribution in [-0.2, 0) is 10.8 Å². The maximum Gasteiger partial charge on any atom is 0.0575 e. The molecule has 0 bridgehead atoms. The van der Waals surface area contributed by atoms with Crippen molar-refractivity contribution in [1.82, 2.24) is 0 Å². The van der Waals surface area contributed by atoms with E-state index >= 15 is 0 Å². The smallest absolute Gasteiger partial charge is 0.0575 e. The van der Waals surface area contributed by atoms with Gasteiger partial charge in [0.05, 0.1) is 11.4 Å². The summed E-state index contributed by atoms with van der Waals surface area (Å²) in [6.45, 7) is 13.3. The van der Waals surface area contributed by atoms with Crippen molar-refractivity contribution in [2.45, 2.75) is 52.4 Å². The van der Waals surface area contributed by atoms with Gasteiger partial charge in [-0.15, -0.1) is 0 Å². The maximum absolute atomic E-state index is 6.27. The highest BCUT2D eigenvalue weighted by Crippen LogP contribution is 2.29. The molecule has 2 N–H and O–H groups in total. The summed E-state index contributed by atoms with van der Waals surface area (Å²) in [7, 11) is 0. The molecule has 0 aromatic heterocycles. The average Bonchev–Trinajstić information content (AvgIpc) is 2.45. The third kappa shape index (κ3) is 3.69. The Balaban J connectivity index is 2.23. The van der Waals surface area contributed by atoms with E-state index in [9.17, 15) is 0 Å².